The van der Waals surface area contributed by atoms with Crippen molar-refractivity contribution in [1.82, 2.24) is 10.3 Å². The third-order valence-corrected chi connectivity index (χ3v) is 5.30. The monoisotopic (exact) mass is 329 g/mol. The predicted molar refractivity (Wildman–Crippen MR) is 88.8 cm³/mol. The fourth-order valence-electron chi connectivity index (χ4n) is 3.10. The van der Waals surface area contributed by atoms with Crippen LogP contribution in [0.5, 0.6) is 0 Å². The molecule has 1 heterocycles. The van der Waals surface area contributed by atoms with Gasteiger partial charge in [-0.05, 0) is 30.9 Å². The van der Waals surface area contributed by atoms with E-state index in [1.54, 1.807) is 11.8 Å². The Bertz CT molecular complexity index is 689. The van der Waals surface area contributed by atoms with E-state index in [4.69, 9.17) is 9.68 Å². The summed E-state index contributed by atoms with van der Waals surface area (Å²) in [6.45, 7) is 0.0837. The van der Waals surface area contributed by atoms with Crippen LogP contribution in [0.25, 0.3) is 11.1 Å². The number of oxazole rings is 1. The predicted octanol–water partition coefficient (Wildman–Crippen LogP) is 3.37. The molecule has 6 heteroatoms. The highest BCUT2D eigenvalue weighted by molar-refractivity contribution is 7.99. The molecule has 0 radical (unpaired) electrons. The lowest BCUT2D eigenvalue weighted by molar-refractivity contribution is -0.127. The Morgan fingerprint density at radius 2 is 2.22 bits per heavy atom. The van der Waals surface area contributed by atoms with Gasteiger partial charge in [-0.15, -0.1) is 0 Å². The summed E-state index contributed by atoms with van der Waals surface area (Å²) in [4.78, 5) is 16.7. The van der Waals surface area contributed by atoms with Crippen LogP contribution in [0.4, 0.5) is 0 Å². The summed E-state index contributed by atoms with van der Waals surface area (Å²) in [5.41, 5.74) is 1.66. The smallest absolute Gasteiger partial charge is 0.256 e. The molecule has 2 unspecified atom stereocenters. The van der Waals surface area contributed by atoms with Crippen molar-refractivity contribution in [3.63, 3.8) is 0 Å². The zero-order valence-electron chi connectivity index (χ0n) is 12.8. The Kier molecular flexibility index (Phi) is 5.19. The minimum Gasteiger partial charge on any atom is -0.431 e. The number of amides is 1. The second-order valence-electron chi connectivity index (χ2n) is 5.79. The van der Waals surface area contributed by atoms with Gasteiger partial charge in [0.15, 0.2) is 5.58 Å². The summed E-state index contributed by atoms with van der Waals surface area (Å²) in [6, 6.07) is 9.67. The third kappa shape index (κ3) is 3.85. The van der Waals surface area contributed by atoms with Gasteiger partial charge >= 0.3 is 0 Å². The Morgan fingerprint density at radius 1 is 1.39 bits per heavy atom. The molecular weight excluding hydrogens is 310 g/mol. The number of aromatic nitrogens is 1. The maximum Gasteiger partial charge on any atom is 0.256 e. The lowest BCUT2D eigenvalue weighted by Crippen LogP contribution is -2.37. The normalized spacial score (nSPS) is 21.0. The van der Waals surface area contributed by atoms with E-state index in [2.05, 4.69) is 10.3 Å². The SMILES string of the molecule is N#CCNC(=O)C1CCCCC1CSc1nc2ccccc2o1. The Labute approximate surface area is 139 Å². The first kappa shape index (κ1) is 15.9. The van der Waals surface area contributed by atoms with Crippen LogP contribution in [0.1, 0.15) is 25.7 Å². The number of thioether (sulfide) groups is 1. The number of carbonyl (C=O) groups is 1. The van der Waals surface area contributed by atoms with E-state index in [0.717, 1.165) is 42.5 Å². The molecule has 3 rings (SSSR count). The number of nitrogens with one attached hydrogen (secondary N) is 1. The minimum atomic E-state index is -0.00558. The molecule has 1 aromatic carbocycles. The van der Waals surface area contributed by atoms with Crippen LogP contribution in [0.3, 0.4) is 0 Å². The van der Waals surface area contributed by atoms with Crippen LogP contribution in [-0.4, -0.2) is 23.2 Å². The summed E-state index contributed by atoms with van der Waals surface area (Å²) in [5, 5.41) is 12.0. The molecule has 1 aliphatic carbocycles. The second-order valence-corrected chi connectivity index (χ2v) is 6.76. The third-order valence-electron chi connectivity index (χ3n) is 4.28. The van der Waals surface area contributed by atoms with Crippen molar-refractivity contribution in [2.24, 2.45) is 11.8 Å². The molecular formula is C17H19N3O2S. The van der Waals surface area contributed by atoms with Gasteiger partial charge in [-0.1, -0.05) is 36.7 Å². The topological polar surface area (TPSA) is 78.9 Å². The highest BCUT2D eigenvalue weighted by Gasteiger charge is 2.31. The Morgan fingerprint density at radius 3 is 3.04 bits per heavy atom. The van der Waals surface area contributed by atoms with Crippen LogP contribution in [0, 0.1) is 23.2 Å². The van der Waals surface area contributed by atoms with Crippen molar-refractivity contribution in [3.8, 4) is 6.07 Å². The average molecular weight is 329 g/mol. The number of para-hydroxylation sites is 2. The summed E-state index contributed by atoms with van der Waals surface area (Å²) in [7, 11) is 0. The van der Waals surface area contributed by atoms with Gasteiger partial charge in [0.2, 0.25) is 5.91 Å². The van der Waals surface area contributed by atoms with E-state index in [9.17, 15) is 4.79 Å². The molecule has 0 aliphatic heterocycles. The summed E-state index contributed by atoms with van der Waals surface area (Å²) < 4.78 is 5.73. The average Bonchev–Trinajstić information content (AvgIpc) is 3.01. The van der Waals surface area contributed by atoms with Crippen LogP contribution in [-0.2, 0) is 4.79 Å². The molecule has 2 atom stereocenters. The standard InChI is InChI=1S/C17H19N3O2S/c18-9-10-19-16(21)13-6-2-1-5-12(13)11-23-17-20-14-7-3-4-8-15(14)22-17/h3-4,7-8,12-13H,1-2,5-6,10-11H2,(H,19,21). The fraction of sp³-hybridized carbons (Fsp3) is 0.471. The molecule has 1 amide bonds. The van der Waals surface area contributed by atoms with Gasteiger partial charge in [-0.3, -0.25) is 4.79 Å². The molecule has 0 spiro atoms. The zero-order valence-corrected chi connectivity index (χ0v) is 13.6. The van der Waals surface area contributed by atoms with Gasteiger partial charge in [-0.2, -0.15) is 5.26 Å². The van der Waals surface area contributed by atoms with E-state index in [1.165, 1.54) is 0 Å². The van der Waals surface area contributed by atoms with Gasteiger partial charge in [0.25, 0.3) is 5.22 Å². The molecule has 1 aromatic heterocycles. The molecule has 120 valence electrons. The number of fused-ring (bicyclic) bond motifs is 1. The molecule has 1 fully saturated rings. The highest BCUT2D eigenvalue weighted by Crippen LogP contribution is 2.35. The number of rotatable bonds is 5. The molecule has 1 saturated carbocycles. The quantitative estimate of drug-likeness (QED) is 0.672. The van der Waals surface area contributed by atoms with Crippen molar-refractivity contribution in [2.75, 3.05) is 12.3 Å². The van der Waals surface area contributed by atoms with Gasteiger partial charge in [0, 0.05) is 11.7 Å². The van der Waals surface area contributed by atoms with Gasteiger partial charge in [-0.25, -0.2) is 4.98 Å². The largest absolute Gasteiger partial charge is 0.431 e. The van der Waals surface area contributed by atoms with Crippen LogP contribution < -0.4 is 5.32 Å². The first-order chi connectivity index (χ1) is 11.3. The van der Waals surface area contributed by atoms with Gasteiger partial charge in [0.1, 0.15) is 12.1 Å². The maximum absolute atomic E-state index is 12.2. The van der Waals surface area contributed by atoms with Crippen molar-refractivity contribution >= 4 is 28.8 Å². The number of hydrogen-bond acceptors (Lipinski definition) is 5. The molecule has 5 nitrogen and oxygen atoms in total. The number of nitrogens with zero attached hydrogens (tertiary/aromatic N) is 2. The Hall–Kier alpha value is -2.00. The van der Waals surface area contributed by atoms with Crippen molar-refractivity contribution in [3.05, 3.63) is 24.3 Å². The fourth-order valence-corrected chi connectivity index (χ4v) is 4.17. The van der Waals surface area contributed by atoms with Gasteiger partial charge < -0.3 is 9.73 Å². The molecule has 1 N–H and O–H groups in total. The second kappa shape index (κ2) is 7.51. The first-order valence-corrected chi connectivity index (χ1v) is 8.89. The molecule has 0 saturated heterocycles. The highest BCUT2D eigenvalue weighted by atomic mass is 32.2. The lowest BCUT2D eigenvalue weighted by atomic mass is 9.80. The van der Waals surface area contributed by atoms with E-state index >= 15 is 0 Å². The van der Waals surface area contributed by atoms with E-state index in [-0.39, 0.29) is 18.4 Å². The first-order valence-electron chi connectivity index (χ1n) is 7.91. The van der Waals surface area contributed by atoms with Crippen molar-refractivity contribution < 1.29 is 9.21 Å². The van der Waals surface area contributed by atoms with Crippen molar-refractivity contribution in [1.29, 1.82) is 5.26 Å². The van der Waals surface area contributed by atoms with E-state index in [0.29, 0.717) is 11.1 Å². The molecule has 1 aliphatic rings. The van der Waals surface area contributed by atoms with E-state index in [1.807, 2.05) is 30.3 Å². The Balaban J connectivity index is 1.62. The number of benzene rings is 1. The molecule has 2 aromatic rings. The minimum absolute atomic E-state index is 0.00558. The number of carbonyl (C=O) groups excluding carboxylic acids is 1. The van der Waals surface area contributed by atoms with Crippen molar-refractivity contribution in [2.45, 2.75) is 30.9 Å². The lowest BCUT2D eigenvalue weighted by Gasteiger charge is -2.29. The van der Waals surface area contributed by atoms with Crippen LogP contribution in [0.2, 0.25) is 0 Å². The summed E-state index contributed by atoms with van der Waals surface area (Å²) >= 11 is 1.57. The number of nitriles is 1. The summed E-state index contributed by atoms with van der Waals surface area (Å²) in [5.74, 6) is 1.13. The van der Waals surface area contributed by atoms with Gasteiger partial charge in [0.05, 0.1) is 6.07 Å². The summed E-state index contributed by atoms with van der Waals surface area (Å²) in [6.07, 6.45) is 4.17. The van der Waals surface area contributed by atoms with Crippen LogP contribution >= 0.6 is 11.8 Å². The van der Waals surface area contributed by atoms with Crippen LogP contribution in [0.15, 0.2) is 33.9 Å². The molecule has 0 bridgehead atoms. The maximum atomic E-state index is 12.2. The van der Waals surface area contributed by atoms with E-state index < -0.39 is 0 Å². The number of hydrogen-bond donors (Lipinski definition) is 1. The molecule has 23 heavy (non-hydrogen) atoms. The zero-order chi connectivity index (χ0) is 16.1.